The van der Waals surface area contributed by atoms with Gasteiger partial charge in [-0.3, -0.25) is 0 Å². The Balaban J connectivity index is 2.84. The normalized spacial score (nSPS) is 11.2. The highest BCUT2D eigenvalue weighted by Crippen LogP contribution is 2.29. The highest BCUT2D eigenvalue weighted by molar-refractivity contribution is 5.73. The first-order valence-corrected chi connectivity index (χ1v) is 5.17. The lowest BCUT2D eigenvalue weighted by molar-refractivity contribution is -0.159. The fraction of sp³-hybridized carbons (Fsp3) is 0.333. The van der Waals surface area contributed by atoms with Crippen LogP contribution in [0.3, 0.4) is 0 Å². The van der Waals surface area contributed by atoms with Crippen molar-refractivity contribution in [3.05, 3.63) is 23.8 Å². The molecule has 0 amide bonds. The molecule has 0 heterocycles. The number of rotatable bonds is 5. The lowest BCUT2D eigenvalue weighted by Crippen LogP contribution is -2.24. The number of benzene rings is 1. The third-order valence-corrected chi connectivity index (χ3v) is 2.00. The first-order chi connectivity index (χ1) is 8.62. The van der Waals surface area contributed by atoms with Gasteiger partial charge in [-0.05, 0) is 19.1 Å². The van der Waals surface area contributed by atoms with E-state index >= 15 is 0 Å². The molecule has 0 fully saturated rings. The SMILES string of the molecule is CCOC(=O)C(F)Oc1ccc(C#N)cc1OC. The molecule has 5 nitrogen and oxygen atoms in total. The van der Waals surface area contributed by atoms with Crippen molar-refractivity contribution in [2.75, 3.05) is 13.7 Å². The van der Waals surface area contributed by atoms with Crippen LogP contribution in [0.25, 0.3) is 0 Å². The van der Waals surface area contributed by atoms with E-state index in [9.17, 15) is 9.18 Å². The van der Waals surface area contributed by atoms with Gasteiger partial charge in [0.1, 0.15) is 0 Å². The maximum Gasteiger partial charge on any atom is 0.381 e. The third kappa shape index (κ3) is 3.35. The van der Waals surface area contributed by atoms with Gasteiger partial charge in [0.25, 0.3) is 0 Å². The van der Waals surface area contributed by atoms with Gasteiger partial charge < -0.3 is 14.2 Å². The van der Waals surface area contributed by atoms with Crippen molar-refractivity contribution in [3.8, 4) is 17.6 Å². The first-order valence-electron chi connectivity index (χ1n) is 5.17. The van der Waals surface area contributed by atoms with Crippen molar-refractivity contribution in [2.45, 2.75) is 13.3 Å². The summed E-state index contributed by atoms with van der Waals surface area (Å²) in [6.07, 6.45) is -2.23. The van der Waals surface area contributed by atoms with Crippen molar-refractivity contribution in [1.29, 1.82) is 5.26 Å². The number of carbonyl (C=O) groups is 1. The number of nitrogens with zero attached hydrogens (tertiary/aromatic N) is 1. The molecule has 0 saturated carbocycles. The summed E-state index contributed by atoms with van der Waals surface area (Å²) in [7, 11) is 1.35. The van der Waals surface area contributed by atoms with Crippen molar-refractivity contribution >= 4 is 5.97 Å². The van der Waals surface area contributed by atoms with Crippen LogP contribution in [-0.2, 0) is 9.53 Å². The van der Waals surface area contributed by atoms with Crippen LogP contribution < -0.4 is 9.47 Å². The van der Waals surface area contributed by atoms with Crippen LogP contribution in [0.15, 0.2) is 18.2 Å². The zero-order valence-electron chi connectivity index (χ0n) is 9.97. The summed E-state index contributed by atoms with van der Waals surface area (Å²) < 4.78 is 27.5. The summed E-state index contributed by atoms with van der Waals surface area (Å²) in [5.74, 6) is -0.915. The smallest absolute Gasteiger partial charge is 0.381 e. The van der Waals surface area contributed by atoms with Crippen LogP contribution in [0.1, 0.15) is 12.5 Å². The molecule has 0 bridgehead atoms. The second-order valence-electron chi connectivity index (χ2n) is 3.16. The molecule has 18 heavy (non-hydrogen) atoms. The molecule has 0 saturated heterocycles. The quantitative estimate of drug-likeness (QED) is 0.748. The molecular weight excluding hydrogens is 241 g/mol. The number of esters is 1. The Morgan fingerprint density at radius 2 is 2.22 bits per heavy atom. The standard InChI is InChI=1S/C12H12FNO4/c1-3-17-12(15)11(13)18-9-5-4-8(7-14)6-10(9)16-2/h4-6,11H,3H2,1-2H3. The molecular formula is C12H12FNO4. The van der Waals surface area contributed by atoms with Crippen molar-refractivity contribution in [3.63, 3.8) is 0 Å². The molecule has 0 aliphatic rings. The van der Waals surface area contributed by atoms with Crippen LogP contribution in [-0.4, -0.2) is 26.0 Å². The summed E-state index contributed by atoms with van der Waals surface area (Å²) in [6.45, 7) is 1.63. The Labute approximate surface area is 104 Å². The van der Waals surface area contributed by atoms with E-state index in [4.69, 9.17) is 14.7 Å². The molecule has 1 rings (SSSR count). The summed E-state index contributed by atoms with van der Waals surface area (Å²) >= 11 is 0. The predicted octanol–water partition coefficient (Wildman–Crippen LogP) is 1.80. The summed E-state index contributed by atoms with van der Waals surface area (Å²) in [4.78, 5) is 11.1. The fourth-order valence-electron chi connectivity index (χ4n) is 1.20. The zero-order valence-corrected chi connectivity index (χ0v) is 9.97. The zero-order chi connectivity index (χ0) is 13.5. The molecule has 0 aliphatic heterocycles. The minimum absolute atomic E-state index is 0.0250. The molecule has 0 N–H and O–H groups in total. The van der Waals surface area contributed by atoms with E-state index in [1.165, 1.54) is 25.3 Å². The van der Waals surface area contributed by atoms with Crippen molar-refractivity contribution in [1.82, 2.24) is 0 Å². The molecule has 6 heteroatoms. The van der Waals surface area contributed by atoms with Crippen LogP contribution in [0.2, 0.25) is 0 Å². The number of alkyl halides is 1. The largest absolute Gasteiger partial charge is 0.493 e. The second-order valence-corrected chi connectivity index (χ2v) is 3.16. The second kappa shape index (κ2) is 6.45. The molecule has 0 aromatic heterocycles. The highest BCUT2D eigenvalue weighted by Gasteiger charge is 2.22. The van der Waals surface area contributed by atoms with Gasteiger partial charge in [-0.25, -0.2) is 4.79 Å². The molecule has 0 aliphatic carbocycles. The van der Waals surface area contributed by atoms with Crippen LogP contribution in [0.4, 0.5) is 4.39 Å². The van der Waals surface area contributed by atoms with Crippen LogP contribution in [0, 0.1) is 11.3 Å². The Bertz CT molecular complexity index is 470. The van der Waals surface area contributed by atoms with E-state index in [1.54, 1.807) is 6.92 Å². The van der Waals surface area contributed by atoms with E-state index in [0.717, 1.165) is 0 Å². The first kappa shape index (κ1) is 13.8. The van der Waals surface area contributed by atoms with E-state index in [0.29, 0.717) is 5.56 Å². The molecule has 0 spiro atoms. The fourth-order valence-corrected chi connectivity index (χ4v) is 1.20. The van der Waals surface area contributed by atoms with Gasteiger partial charge in [0.05, 0.1) is 25.3 Å². The number of nitriles is 1. The summed E-state index contributed by atoms with van der Waals surface area (Å²) in [5.41, 5.74) is 0.339. The number of halogens is 1. The topological polar surface area (TPSA) is 68.5 Å². The average Bonchev–Trinajstić information content (AvgIpc) is 2.39. The minimum atomic E-state index is -2.23. The Hall–Kier alpha value is -2.29. The van der Waals surface area contributed by atoms with Crippen molar-refractivity contribution < 1.29 is 23.4 Å². The lowest BCUT2D eigenvalue weighted by atomic mass is 10.2. The third-order valence-electron chi connectivity index (χ3n) is 2.00. The number of hydrogen-bond donors (Lipinski definition) is 0. The number of carbonyl (C=O) groups excluding carboxylic acids is 1. The maximum absolute atomic E-state index is 13.4. The Morgan fingerprint density at radius 3 is 2.78 bits per heavy atom. The van der Waals surface area contributed by atoms with Gasteiger partial charge in [-0.2, -0.15) is 9.65 Å². The average molecular weight is 253 g/mol. The van der Waals surface area contributed by atoms with Crippen LogP contribution >= 0.6 is 0 Å². The van der Waals surface area contributed by atoms with Crippen LogP contribution in [0.5, 0.6) is 11.5 Å². The molecule has 1 atom stereocenters. The summed E-state index contributed by atoms with van der Waals surface area (Å²) in [5, 5.41) is 8.69. The maximum atomic E-state index is 13.4. The summed E-state index contributed by atoms with van der Waals surface area (Å²) in [6, 6.07) is 6.06. The molecule has 0 radical (unpaired) electrons. The van der Waals surface area contributed by atoms with E-state index in [1.807, 2.05) is 6.07 Å². The van der Waals surface area contributed by atoms with Gasteiger partial charge in [-0.15, -0.1) is 0 Å². The lowest BCUT2D eigenvalue weighted by Gasteiger charge is -2.13. The number of hydrogen-bond acceptors (Lipinski definition) is 5. The Kier molecular flexibility index (Phi) is 4.93. The highest BCUT2D eigenvalue weighted by atomic mass is 19.1. The van der Waals surface area contributed by atoms with E-state index in [-0.39, 0.29) is 18.1 Å². The number of ether oxygens (including phenoxy) is 3. The van der Waals surface area contributed by atoms with Gasteiger partial charge in [0.2, 0.25) is 0 Å². The van der Waals surface area contributed by atoms with Gasteiger partial charge >= 0.3 is 12.3 Å². The monoisotopic (exact) mass is 253 g/mol. The number of methoxy groups -OCH3 is 1. The molecule has 96 valence electrons. The Morgan fingerprint density at radius 1 is 1.50 bits per heavy atom. The van der Waals surface area contributed by atoms with E-state index in [2.05, 4.69) is 4.74 Å². The molecule has 1 aromatic carbocycles. The minimum Gasteiger partial charge on any atom is -0.493 e. The van der Waals surface area contributed by atoms with Crippen molar-refractivity contribution in [2.24, 2.45) is 0 Å². The molecule has 1 unspecified atom stereocenters. The predicted molar refractivity (Wildman–Crippen MR) is 59.9 cm³/mol. The van der Waals surface area contributed by atoms with Gasteiger partial charge in [0.15, 0.2) is 11.5 Å². The van der Waals surface area contributed by atoms with Gasteiger partial charge in [-0.1, -0.05) is 0 Å². The molecule has 1 aromatic rings. The van der Waals surface area contributed by atoms with Gasteiger partial charge in [0, 0.05) is 6.07 Å². The van der Waals surface area contributed by atoms with E-state index < -0.39 is 12.3 Å².